The molecule has 0 saturated heterocycles. The van der Waals surface area contributed by atoms with Gasteiger partial charge in [-0.05, 0) is 44.2 Å². The summed E-state index contributed by atoms with van der Waals surface area (Å²) < 4.78 is 45.1. The normalized spacial score (nSPS) is 13.1. The molecule has 3 aromatic rings. The lowest BCUT2D eigenvalue weighted by Crippen LogP contribution is -2.29. The lowest BCUT2D eigenvalue weighted by Gasteiger charge is -2.20. The van der Waals surface area contributed by atoms with Gasteiger partial charge in [0.2, 0.25) is 5.89 Å². The highest BCUT2D eigenvalue weighted by molar-refractivity contribution is 7.92. The Kier molecular flexibility index (Phi) is 4.69. The molecule has 0 amide bonds. The molecule has 0 unspecified atom stereocenters. The molecule has 2 aromatic heterocycles. The minimum atomic E-state index is -3.89. The zero-order valence-electron chi connectivity index (χ0n) is 16.7. The Labute approximate surface area is 163 Å². The molecule has 7 nitrogen and oxygen atoms in total. The highest BCUT2D eigenvalue weighted by atomic mass is 32.2. The van der Waals surface area contributed by atoms with Gasteiger partial charge in [-0.1, -0.05) is 20.8 Å². The Morgan fingerprint density at radius 1 is 1.04 bits per heavy atom. The number of hydrogen-bond acceptors (Lipinski definition) is 6. The summed E-state index contributed by atoms with van der Waals surface area (Å²) in [5, 5.41) is 12.5. The van der Waals surface area contributed by atoms with Gasteiger partial charge in [0.15, 0.2) is 9.84 Å². The maximum absolute atomic E-state index is 13.2. The summed E-state index contributed by atoms with van der Waals surface area (Å²) in [6, 6.07) is 6.50. The average Bonchev–Trinajstić information content (AvgIpc) is 3.21. The first-order valence-electron chi connectivity index (χ1n) is 8.73. The molecule has 0 aliphatic carbocycles. The maximum Gasteiger partial charge on any atom is 0.266 e. The molecule has 28 heavy (non-hydrogen) atoms. The van der Waals surface area contributed by atoms with E-state index in [2.05, 4.69) is 15.3 Å². The quantitative estimate of drug-likeness (QED) is 0.615. The molecule has 2 heterocycles. The lowest BCUT2D eigenvalue weighted by atomic mass is 9.92. The van der Waals surface area contributed by atoms with E-state index in [9.17, 15) is 12.8 Å². The van der Waals surface area contributed by atoms with E-state index in [0.29, 0.717) is 5.69 Å². The van der Waals surface area contributed by atoms with Crippen LogP contribution in [0.15, 0.2) is 39.6 Å². The second kappa shape index (κ2) is 6.51. The van der Waals surface area contributed by atoms with Crippen molar-refractivity contribution in [3.05, 3.63) is 47.7 Å². The van der Waals surface area contributed by atoms with Crippen molar-refractivity contribution >= 4 is 9.84 Å². The second-order valence-electron chi connectivity index (χ2n) is 8.17. The fourth-order valence-electron chi connectivity index (χ4n) is 2.63. The van der Waals surface area contributed by atoms with E-state index < -0.39 is 20.4 Å². The van der Waals surface area contributed by atoms with Gasteiger partial charge in [-0.2, -0.15) is 5.10 Å². The number of sulfone groups is 1. The van der Waals surface area contributed by atoms with Crippen LogP contribution in [0.1, 0.15) is 46.2 Å². The Morgan fingerprint density at radius 3 is 2.18 bits per heavy atom. The summed E-state index contributed by atoms with van der Waals surface area (Å²) in [4.78, 5) is -0.0193. The fraction of sp³-hybridized carbons (Fsp3) is 0.421. The van der Waals surface area contributed by atoms with Crippen molar-refractivity contribution in [1.82, 2.24) is 20.0 Å². The Morgan fingerprint density at radius 2 is 1.64 bits per heavy atom. The van der Waals surface area contributed by atoms with E-state index in [1.807, 2.05) is 26.8 Å². The second-order valence-corrected chi connectivity index (χ2v) is 10.7. The number of benzene rings is 1. The third-order valence-corrected chi connectivity index (χ3v) is 7.01. The van der Waals surface area contributed by atoms with Crippen molar-refractivity contribution in [2.24, 2.45) is 7.05 Å². The molecule has 0 saturated carbocycles. The third-order valence-electron chi connectivity index (χ3n) is 4.60. The van der Waals surface area contributed by atoms with Crippen LogP contribution in [0.2, 0.25) is 0 Å². The minimum absolute atomic E-state index is 0.0193. The number of rotatable bonds is 4. The van der Waals surface area contributed by atoms with E-state index in [-0.39, 0.29) is 22.1 Å². The summed E-state index contributed by atoms with van der Waals surface area (Å²) in [6.45, 7) is 9.07. The van der Waals surface area contributed by atoms with Crippen LogP contribution in [0.3, 0.4) is 0 Å². The fourth-order valence-corrected chi connectivity index (χ4v) is 4.02. The average molecular weight is 406 g/mol. The Balaban J connectivity index is 2.01. The SMILES string of the molecule is Cn1nc(C(C)(C)C)cc1-c1nnc(C(C)(C)S(=O)(=O)c2ccc(F)cc2)o1. The molecule has 150 valence electrons. The number of aryl methyl sites for hydroxylation is 1. The van der Waals surface area contributed by atoms with E-state index >= 15 is 0 Å². The van der Waals surface area contributed by atoms with Crippen molar-refractivity contribution in [3.63, 3.8) is 0 Å². The van der Waals surface area contributed by atoms with Crippen LogP contribution < -0.4 is 0 Å². The smallest absolute Gasteiger partial charge is 0.266 e. The first-order chi connectivity index (χ1) is 12.8. The molecular formula is C19H23FN4O3S. The third kappa shape index (κ3) is 3.34. The van der Waals surface area contributed by atoms with Crippen LogP contribution in [0.25, 0.3) is 11.6 Å². The van der Waals surface area contributed by atoms with E-state index in [4.69, 9.17) is 4.42 Å². The first kappa shape index (κ1) is 20.2. The molecule has 0 bridgehead atoms. The Bertz CT molecular complexity index is 1110. The van der Waals surface area contributed by atoms with Crippen molar-refractivity contribution < 1.29 is 17.2 Å². The molecule has 0 aliphatic heterocycles. The van der Waals surface area contributed by atoms with Crippen molar-refractivity contribution in [1.29, 1.82) is 0 Å². The zero-order chi connectivity index (χ0) is 20.9. The molecule has 0 radical (unpaired) electrons. The molecule has 0 aliphatic rings. The lowest BCUT2D eigenvalue weighted by molar-refractivity contribution is 0.436. The van der Waals surface area contributed by atoms with E-state index in [1.54, 1.807) is 11.7 Å². The predicted octanol–water partition coefficient (Wildman–Crippen LogP) is 3.62. The number of halogens is 1. The van der Waals surface area contributed by atoms with Crippen molar-refractivity contribution in [2.75, 3.05) is 0 Å². The van der Waals surface area contributed by atoms with Gasteiger partial charge < -0.3 is 4.42 Å². The van der Waals surface area contributed by atoms with E-state index in [1.165, 1.54) is 26.0 Å². The monoisotopic (exact) mass is 406 g/mol. The van der Waals surface area contributed by atoms with Gasteiger partial charge in [-0.3, -0.25) is 4.68 Å². The summed E-state index contributed by atoms with van der Waals surface area (Å²) in [7, 11) is -2.13. The van der Waals surface area contributed by atoms with Gasteiger partial charge in [0.05, 0.1) is 10.6 Å². The summed E-state index contributed by atoms with van der Waals surface area (Å²) in [5.41, 5.74) is 1.28. The molecule has 0 N–H and O–H groups in total. The molecule has 0 spiro atoms. The van der Waals surface area contributed by atoms with Crippen LogP contribution >= 0.6 is 0 Å². The topological polar surface area (TPSA) is 90.9 Å². The van der Waals surface area contributed by atoms with Crippen molar-refractivity contribution in [3.8, 4) is 11.6 Å². The predicted molar refractivity (Wildman–Crippen MR) is 102 cm³/mol. The Hall–Kier alpha value is -2.55. The molecule has 3 rings (SSSR count). The highest BCUT2D eigenvalue weighted by Gasteiger charge is 2.42. The highest BCUT2D eigenvalue weighted by Crippen LogP contribution is 2.35. The molecule has 0 atom stereocenters. The standard InChI is InChI=1S/C19H23FN4O3S/c1-18(2,3)15-11-14(24(6)23-15)16-21-22-17(27-16)19(4,5)28(25,26)13-9-7-12(20)8-10-13/h7-11H,1-6H3. The molecule has 0 fully saturated rings. The van der Waals surface area contributed by atoms with Gasteiger partial charge in [0.25, 0.3) is 5.89 Å². The van der Waals surface area contributed by atoms with Crippen LogP contribution in [0, 0.1) is 5.82 Å². The van der Waals surface area contributed by atoms with Gasteiger partial charge in [0.1, 0.15) is 16.3 Å². The minimum Gasteiger partial charge on any atom is -0.418 e. The van der Waals surface area contributed by atoms with Gasteiger partial charge in [0, 0.05) is 12.5 Å². The maximum atomic E-state index is 13.2. The first-order valence-corrected chi connectivity index (χ1v) is 10.2. The van der Waals surface area contributed by atoms with Crippen LogP contribution in [0.5, 0.6) is 0 Å². The number of nitrogens with zero attached hydrogens (tertiary/aromatic N) is 4. The van der Waals surface area contributed by atoms with Gasteiger partial charge >= 0.3 is 0 Å². The van der Waals surface area contributed by atoms with Gasteiger partial charge in [-0.15, -0.1) is 10.2 Å². The van der Waals surface area contributed by atoms with E-state index in [0.717, 1.165) is 17.8 Å². The van der Waals surface area contributed by atoms with Crippen LogP contribution in [-0.2, 0) is 27.0 Å². The van der Waals surface area contributed by atoms with Crippen molar-refractivity contribution in [2.45, 2.75) is 49.7 Å². The summed E-state index contributed by atoms with van der Waals surface area (Å²) >= 11 is 0. The van der Waals surface area contributed by atoms with Crippen LogP contribution in [0.4, 0.5) is 4.39 Å². The molecule has 9 heteroatoms. The van der Waals surface area contributed by atoms with Gasteiger partial charge in [-0.25, -0.2) is 12.8 Å². The molecular weight excluding hydrogens is 383 g/mol. The number of aromatic nitrogens is 4. The molecule has 1 aromatic carbocycles. The number of hydrogen-bond donors (Lipinski definition) is 0. The largest absolute Gasteiger partial charge is 0.418 e. The summed E-state index contributed by atoms with van der Waals surface area (Å²) in [5.74, 6) is -0.379. The summed E-state index contributed by atoms with van der Waals surface area (Å²) in [6.07, 6.45) is 0. The zero-order valence-corrected chi connectivity index (χ0v) is 17.5. The van der Waals surface area contributed by atoms with Crippen LogP contribution in [-0.4, -0.2) is 28.4 Å².